The molecule has 0 bridgehead atoms. The summed E-state index contributed by atoms with van der Waals surface area (Å²) in [6.07, 6.45) is 6.34. The molecular weight excluding hydrogens is 360 g/mol. The van der Waals surface area contributed by atoms with Crippen molar-refractivity contribution in [3.63, 3.8) is 0 Å². The molecule has 0 spiro atoms. The van der Waals surface area contributed by atoms with E-state index in [2.05, 4.69) is 10.2 Å². The van der Waals surface area contributed by atoms with Crippen LogP contribution in [0.5, 0.6) is 0 Å². The zero-order chi connectivity index (χ0) is 18.8. The first-order valence-electron chi connectivity index (χ1n) is 9.78. The molecule has 1 aliphatic carbocycles. The molecule has 1 fully saturated rings. The van der Waals surface area contributed by atoms with E-state index in [1.54, 1.807) is 6.92 Å². The predicted octanol–water partition coefficient (Wildman–Crippen LogP) is 3.78. The quantitative estimate of drug-likeness (QED) is 0.874. The highest BCUT2D eigenvalue weighted by Gasteiger charge is 2.26. The number of aryl methyl sites for hydroxylation is 1. The maximum absolute atomic E-state index is 11.3. The second kappa shape index (κ2) is 7.85. The summed E-state index contributed by atoms with van der Waals surface area (Å²) in [6, 6.07) is 8.03. The van der Waals surface area contributed by atoms with Crippen LogP contribution in [0.25, 0.3) is 11.4 Å². The lowest BCUT2D eigenvalue weighted by molar-refractivity contribution is -0.119. The van der Waals surface area contributed by atoms with Gasteiger partial charge in [0.2, 0.25) is 5.91 Å². The normalized spacial score (nSPS) is 17.5. The van der Waals surface area contributed by atoms with Gasteiger partial charge in [-0.2, -0.15) is 0 Å². The van der Waals surface area contributed by atoms with Gasteiger partial charge in [-0.05, 0) is 50.7 Å². The third-order valence-corrected chi connectivity index (χ3v) is 5.68. The summed E-state index contributed by atoms with van der Waals surface area (Å²) < 4.78 is 0. The largest absolute Gasteiger partial charge is 0.356 e. The van der Waals surface area contributed by atoms with Crippen molar-refractivity contribution in [3.8, 4) is 11.4 Å². The molecule has 0 unspecified atom stereocenters. The number of carbonyl (C=O) groups excluding carboxylic acids is 1. The SMILES string of the molecule is CC(=O)NC1CCN(c2nc(-c3cccc(Cl)c3)nc3c2CCCC3)CC1. The number of carbonyl (C=O) groups is 1. The van der Waals surface area contributed by atoms with Crippen LogP contribution in [0.4, 0.5) is 5.82 Å². The molecule has 0 atom stereocenters. The van der Waals surface area contributed by atoms with Crippen LogP contribution in [0.2, 0.25) is 5.02 Å². The number of anilines is 1. The number of halogens is 1. The maximum Gasteiger partial charge on any atom is 0.217 e. The Morgan fingerprint density at radius 2 is 1.96 bits per heavy atom. The van der Waals surface area contributed by atoms with Crippen LogP contribution in [-0.2, 0) is 17.6 Å². The van der Waals surface area contributed by atoms with Crippen molar-refractivity contribution in [2.45, 2.75) is 51.5 Å². The summed E-state index contributed by atoms with van der Waals surface area (Å²) >= 11 is 6.18. The Labute approximate surface area is 165 Å². The predicted molar refractivity (Wildman–Crippen MR) is 108 cm³/mol. The molecule has 4 rings (SSSR count). The number of rotatable bonds is 3. The lowest BCUT2D eigenvalue weighted by Crippen LogP contribution is -2.44. The fourth-order valence-electron chi connectivity index (χ4n) is 4.12. The monoisotopic (exact) mass is 384 g/mol. The van der Waals surface area contributed by atoms with Gasteiger partial charge in [0.15, 0.2) is 5.82 Å². The van der Waals surface area contributed by atoms with Crippen molar-refractivity contribution in [2.24, 2.45) is 0 Å². The van der Waals surface area contributed by atoms with Gasteiger partial charge in [-0.3, -0.25) is 4.79 Å². The maximum atomic E-state index is 11.3. The topological polar surface area (TPSA) is 58.1 Å². The number of nitrogens with zero attached hydrogens (tertiary/aromatic N) is 3. The smallest absolute Gasteiger partial charge is 0.217 e. The molecule has 1 aromatic carbocycles. The molecular formula is C21H25ClN4O. The summed E-state index contributed by atoms with van der Waals surface area (Å²) in [5.74, 6) is 1.89. The average Bonchev–Trinajstić information content (AvgIpc) is 2.67. The van der Waals surface area contributed by atoms with Crippen molar-refractivity contribution in [1.82, 2.24) is 15.3 Å². The van der Waals surface area contributed by atoms with Crippen molar-refractivity contribution >= 4 is 23.3 Å². The second-order valence-corrected chi connectivity index (χ2v) is 7.91. The Bertz CT molecular complexity index is 846. The number of nitrogens with one attached hydrogen (secondary N) is 1. The zero-order valence-electron chi connectivity index (χ0n) is 15.7. The van der Waals surface area contributed by atoms with Crippen LogP contribution in [0.3, 0.4) is 0 Å². The summed E-state index contributed by atoms with van der Waals surface area (Å²) in [4.78, 5) is 23.6. The van der Waals surface area contributed by atoms with E-state index in [1.807, 2.05) is 24.3 Å². The van der Waals surface area contributed by atoms with Gasteiger partial charge in [-0.25, -0.2) is 9.97 Å². The molecule has 142 valence electrons. The van der Waals surface area contributed by atoms with Gasteiger partial charge >= 0.3 is 0 Å². The third kappa shape index (κ3) is 4.08. The van der Waals surface area contributed by atoms with E-state index in [0.29, 0.717) is 5.02 Å². The number of benzene rings is 1. The highest BCUT2D eigenvalue weighted by atomic mass is 35.5. The highest BCUT2D eigenvalue weighted by Crippen LogP contribution is 2.32. The molecule has 1 N–H and O–H groups in total. The number of piperidine rings is 1. The van der Waals surface area contributed by atoms with E-state index in [-0.39, 0.29) is 11.9 Å². The molecule has 1 aromatic heterocycles. The van der Waals surface area contributed by atoms with E-state index >= 15 is 0 Å². The number of hydrogen-bond donors (Lipinski definition) is 1. The summed E-state index contributed by atoms with van der Waals surface area (Å²) in [5.41, 5.74) is 3.46. The first-order valence-corrected chi connectivity index (χ1v) is 10.2. The molecule has 0 saturated carbocycles. The van der Waals surface area contributed by atoms with Gasteiger partial charge in [0, 0.05) is 47.9 Å². The van der Waals surface area contributed by atoms with Crippen LogP contribution < -0.4 is 10.2 Å². The molecule has 2 aliphatic rings. The van der Waals surface area contributed by atoms with E-state index in [9.17, 15) is 4.79 Å². The minimum absolute atomic E-state index is 0.0520. The lowest BCUT2D eigenvalue weighted by Gasteiger charge is -2.35. The van der Waals surface area contributed by atoms with Crippen LogP contribution in [-0.4, -0.2) is 35.0 Å². The van der Waals surface area contributed by atoms with Crippen LogP contribution in [0.15, 0.2) is 24.3 Å². The van der Waals surface area contributed by atoms with Gasteiger partial charge in [-0.1, -0.05) is 23.7 Å². The second-order valence-electron chi connectivity index (χ2n) is 7.48. The Kier molecular flexibility index (Phi) is 5.30. The molecule has 6 heteroatoms. The lowest BCUT2D eigenvalue weighted by atomic mass is 9.95. The van der Waals surface area contributed by atoms with Crippen LogP contribution in [0, 0.1) is 0 Å². The molecule has 1 aliphatic heterocycles. The number of amides is 1. The minimum Gasteiger partial charge on any atom is -0.356 e. The number of aromatic nitrogens is 2. The molecule has 1 saturated heterocycles. The zero-order valence-corrected chi connectivity index (χ0v) is 16.4. The molecule has 1 amide bonds. The standard InChI is InChI=1S/C21H25ClN4O/c1-14(27)23-17-9-11-26(12-10-17)21-18-7-2-3-8-19(18)24-20(25-21)15-5-4-6-16(22)13-15/h4-6,13,17H,2-3,7-12H2,1H3,(H,23,27). The molecule has 2 aromatic rings. The number of fused-ring (bicyclic) bond motifs is 1. The Hall–Kier alpha value is -2.14. The first-order chi connectivity index (χ1) is 13.1. The first kappa shape index (κ1) is 18.2. The molecule has 0 radical (unpaired) electrons. The van der Waals surface area contributed by atoms with Gasteiger partial charge in [0.1, 0.15) is 5.82 Å². The third-order valence-electron chi connectivity index (χ3n) is 5.45. The minimum atomic E-state index is 0.0520. The van der Waals surface area contributed by atoms with Gasteiger partial charge < -0.3 is 10.2 Å². The highest BCUT2D eigenvalue weighted by molar-refractivity contribution is 6.30. The summed E-state index contributed by atoms with van der Waals surface area (Å²) in [5, 5.41) is 3.75. The fraction of sp³-hybridized carbons (Fsp3) is 0.476. The Morgan fingerprint density at radius 3 is 2.70 bits per heavy atom. The number of hydrogen-bond acceptors (Lipinski definition) is 4. The van der Waals surface area contributed by atoms with Crippen molar-refractivity contribution in [3.05, 3.63) is 40.5 Å². The van der Waals surface area contributed by atoms with Gasteiger partial charge in [0.25, 0.3) is 0 Å². The van der Waals surface area contributed by atoms with Gasteiger partial charge in [0.05, 0.1) is 0 Å². The van der Waals surface area contributed by atoms with Crippen LogP contribution >= 0.6 is 11.6 Å². The van der Waals surface area contributed by atoms with E-state index in [4.69, 9.17) is 21.6 Å². The summed E-state index contributed by atoms with van der Waals surface area (Å²) in [7, 11) is 0. The van der Waals surface area contributed by atoms with Gasteiger partial charge in [-0.15, -0.1) is 0 Å². The van der Waals surface area contributed by atoms with Crippen LogP contribution in [0.1, 0.15) is 43.9 Å². The Balaban J connectivity index is 1.65. The summed E-state index contributed by atoms with van der Waals surface area (Å²) in [6.45, 7) is 3.40. The van der Waals surface area contributed by atoms with E-state index in [0.717, 1.165) is 56.0 Å². The fourth-order valence-corrected chi connectivity index (χ4v) is 4.31. The average molecular weight is 385 g/mol. The van der Waals surface area contributed by atoms with Crippen molar-refractivity contribution in [2.75, 3.05) is 18.0 Å². The molecule has 2 heterocycles. The molecule has 5 nitrogen and oxygen atoms in total. The van der Waals surface area contributed by atoms with E-state index < -0.39 is 0 Å². The van der Waals surface area contributed by atoms with Crippen molar-refractivity contribution < 1.29 is 4.79 Å². The molecule has 27 heavy (non-hydrogen) atoms. The van der Waals surface area contributed by atoms with E-state index in [1.165, 1.54) is 24.1 Å². The van der Waals surface area contributed by atoms with Crippen molar-refractivity contribution in [1.29, 1.82) is 0 Å². The Morgan fingerprint density at radius 1 is 1.19 bits per heavy atom.